The van der Waals surface area contributed by atoms with Crippen molar-refractivity contribution in [3.05, 3.63) is 108 Å². The molecule has 1 N–H and O–H groups in total. The summed E-state index contributed by atoms with van der Waals surface area (Å²) in [6.07, 6.45) is 0. The molecule has 0 spiro atoms. The number of para-hydroxylation sites is 1. The molecule has 4 aromatic carbocycles. The molecule has 5 nitrogen and oxygen atoms in total. The van der Waals surface area contributed by atoms with Gasteiger partial charge in [-0.05, 0) is 54.1 Å². The highest BCUT2D eigenvalue weighted by atomic mass is 32.2. The lowest BCUT2D eigenvalue weighted by molar-refractivity contribution is -0.564. The SMILES string of the molecule is Cc1ccc(S(=O)(=O)Nc2cccc3ccc(-c4cccc5ccccc45)[n+]([O-])c23)cc1. The summed E-state index contributed by atoms with van der Waals surface area (Å²) < 4.78 is 29.4. The van der Waals surface area contributed by atoms with Crippen LogP contribution < -0.4 is 9.45 Å². The summed E-state index contributed by atoms with van der Waals surface area (Å²) in [5, 5.41) is 16.2. The summed E-state index contributed by atoms with van der Waals surface area (Å²) in [5.41, 5.74) is 2.72. The Morgan fingerprint density at radius 3 is 2.25 bits per heavy atom. The van der Waals surface area contributed by atoms with Gasteiger partial charge in [-0.25, -0.2) is 8.42 Å². The largest absolute Gasteiger partial charge is 0.618 e. The summed E-state index contributed by atoms with van der Waals surface area (Å²) >= 11 is 0. The van der Waals surface area contributed by atoms with E-state index in [0.717, 1.165) is 26.6 Å². The molecule has 0 amide bonds. The fourth-order valence-electron chi connectivity index (χ4n) is 3.93. The van der Waals surface area contributed by atoms with Crippen LogP contribution >= 0.6 is 0 Å². The van der Waals surface area contributed by atoms with E-state index in [1.165, 1.54) is 0 Å². The number of pyridine rings is 1. The van der Waals surface area contributed by atoms with Crippen molar-refractivity contribution in [2.45, 2.75) is 11.8 Å². The maximum Gasteiger partial charge on any atom is 0.262 e. The van der Waals surface area contributed by atoms with Crippen LogP contribution in [-0.4, -0.2) is 8.42 Å². The van der Waals surface area contributed by atoms with Gasteiger partial charge in [0.15, 0.2) is 0 Å². The van der Waals surface area contributed by atoms with Gasteiger partial charge < -0.3 is 5.21 Å². The van der Waals surface area contributed by atoms with Crippen molar-refractivity contribution in [3.63, 3.8) is 0 Å². The molecule has 0 aliphatic heterocycles. The highest BCUT2D eigenvalue weighted by Gasteiger charge is 2.21. The maximum atomic E-state index is 13.5. The number of fused-ring (bicyclic) bond motifs is 2. The molecule has 0 aliphatic carbocycles. The number of aryl methyl sites for hydroxylation is 1. The summed E-state index contributed by atoms with van der Waals surface area (Å²) in [7, 11) is -3.85. The van der Waals surface area contributed by atoms with Gasteiger partial charge in [0.2, 0.25) is 11.2 Å². The van der Waals surface area contributed by atoms with Crippen LogP contribution in [0.1, 0.15) is 5.56 Å². The monoisotopic (exact) mass is 440 g/mol. The van der Waals surface area contributed by atoms with Gasteiger partial charge in [-0.2, -0.15) is 4.73 Å². The predicted molar refractivity (Wildman–Crippen MR) is 128 cm³/mol. The number of nitrogens with one attached hydrogen (secondary N) is 1. The molecule has 0 saturated carbocycles. The molecule has 1 heterocycles. The lowest BCUT2D eigenvalue weighted by Crippen LogP contribution is -2.31. The summed E-state index contributed by atoms with van der Waals surface area (Å²) in [6, 6.07) is 29.0. The van der Waals surface area contributed by atoms with Crippen LogP contribution in [0.3, 0.4) is 0 Å². The first-order valence-corrected chi connectivity index (χ1v) is 11.7. The Hall–Kier alpha value is -3.90. The lowest BCUT2D eigenvalue weighted by Gasteiger charge is -2.14. The van der Waals surface area contributed by atoms with Crippen molar-refractivity contribution in [3.8, 4) is 11.3 Å². The average molecular weight is 441 g/mol. The minimum atomic E-state index is -3.85. The molecule has 0 radical (unpaired) electrons. The van der Waals surface area contributed by atoms with Crippen molar-refractivity contribution in [1.29, 1.82) is 0 Å². The molecule has 0 aliphatic rings. The third-order valence-corrected chi connectivity index (χ3v) is 6.93. The van der Waals surface area contributed by atoms with E-state index in [1.54, 1.807) is 48.5 Å². The van der Waals surface area contributed by atoms with Crippen LogP contribution in [0, 0.1) is 12.1 Å². The Kier molecular flexibility index (Phi) is 4.79. The first kappa shape index (κ1) is 20.0. The van der Waals surface area contributed by atoms with E-state index >= 15 is 0 Å². The first-order valence-electron chi connectivity index (χ1n) is 10.2. The Bertz CT molecular complexity index is 1570. The van der Waals surface area contributed by atoms with Gasteiger partial charge in [0.1, 0.15) is 5.69 Å². The number of rotatable bonds is 4. The fraction of sp³-hybridized carbons (Fsp3) is 0.0385. The van der Waals surface area contributed by atoms with Crippen LogP contribution in [0.2, 0.25) is 0 Å². The van der Waals surface area contributed by atoms with E-state index in [1.807, 2.05) is 55.5 Å². The van der Waals surface area contributed by atoms with Gasteiger partial charge in [-0.15, -0.1) is 0 Å². The van der Waals surface area contributed by atoms with Gasteiger partial charge in [0.05, 0.1) is 10.5 Å². The molecule has 6 heteroatoms. The molecular formula is C26H20N2O3S. The van der Waals surface area contributed by atoms with Crippen LogP contribution in [-0.2, 0) is 10.0 Å². The lowest BCUT2D eigenvalue weighted by atomic mass is 10.0. The number of nitrogens with zero attached hydrogens (tertiary/aromatic N) is 1. The molecule has 5 aromatic rings. The molecule has 0 fully saturated rings. The Morgan fingerprint density at radius 1 is 0.750 bits per heavy atom. The molecule has 5 rings (SSSR count). The fourth-order valence-corrected chi connectivity index (χ4v) is 5.00. The average Bonchev–Trinajstić information content (AvgIpc) is 2.79. The van der Waals surface area contributed by atoms with Gasteiger partial charge in [0.25, 0.3) is 10.0 Å². The summed E-state index contributed by atoms with van der Waals surface area (Å²) in [5.74, 6) is 0. The van der Waals surface area contributed by atoms with Crippen LogP contribution in [0.5, 0.6) is 0 Å². The molecular weight excluding hydrogens is 420 g/mol. The van der Waals surface area contributed by atoms with E-state index in [4.69, 9.17) is 0 Å². The number of anilines is 1. The third-order valence-electron chi connectivity index (χ3n) is 5.55. The van der Waals surface area contributed by atoms with E-state index in [0.29, 0.717) is 11.1 Å². The van der Waals surface area contributed by atoms with Gasteiger partial charge in [-0.1, -0.05) is 60.2 Å². The predicted octanol–water partition coefficient (Wildman–Crippen LogP) is 5.40. The highest BCUT2D eigenvalue weighted by Crippen LogP contribution is 2.30. The Morgan fingerprint density at radius 2 is 1.44 bits per heavy atom. The second-order valence-corrected chi connectivity index (χ2v) is 9.38. The number of benzene rings is 4. The normalized spacial score (nSPS) is 11.7. The number of sulfonamides is 1. The van der Waals surface area contributed by atoms with Crippen molar-refractivity contribution in [2.75, 3.05) is 4.72 Å². The third kappa shape index (κ3) is 3.44. The van der Waals surface area contributed by atoms with Crippen molar-refractivity contribution in [2.24, 2.45) is 0 Å². The maximum absolute atomic E-state index is 13.5. The molecule has 0 atom stereocenters. The number of hydrogen-bond donors (Lipinski definition) is 1. The highest BCUT2D eigenvalue weighted by molar-refractivity contribution is 7.92. The quantitative estimate of drug-likeness (QED) is 0.300. The van der Waals surface area contributed by atoms with Crippen LogP contribution in [0.25, 0.3) is 32.9 Å². The zero-order valence-corrected chi connectivity index (χ0v) is 18.1. The molecule has 0 saturated heterocycles. The topological polar surface area (TPSA) is 73.1 Å². The minimum Gasteiger partial charge on any atom is -0.618 e. The van der Waals surface area contributed by atoms with Gasteiger partial charge >= 0.3 is 0 Å². The molecule has 0 unspecified atom stereocenters. The van der Waals surface area contributed by atoms with Gasteiger partial charge in [0, 0.05) is 11.5 Å². The standard InChI is InChI=1S/C26H20N2O3S/c1-18-12-15-21(16-13-18)32(30,31)27-24-11-5-8-20-14-17-25(28(29)26(20)24)23-10-4-7-19-6-2-3-9-22(19)23/h2-17,27H,1H3. The van der Waals surface area contributed by atoms with E-state index in [2.05, 4.69) is 4.72 Å². The molecule has 0 bridgehead atoms. The Balaban J connectivity index is 1.68. The van der Waals surface area contributed by atoms with Crippen molar-refractivity contribution in [1.82, 2.24) is 0 Å². The van der Waals surface area contributed by atoms with E-state index in [-0.39, 0.29) is 16.1 Å². The van der Waals surface area contributed by atoms with E-state index in [9.17, 15) is 13.6 Å². The summed E-state index contributed by atoms with van der Waals surface area (Å²) in [6.45, 7) is 1.89. The second-order valence-electron chi connectivity index (χ2n) is 7.70. The zero-order valence-electron chi connectivity index (χ0n) is 17.3. The van der Waals surface area contributed by atoms with Gasteiger partial charge in [-0.3, -0.25) is 4.72 Å². The molecule has 158 valence electrons. The number of aromatic nitrogens is 1. The smallest absolute Gasteiger partial charge is 0.262 e. The number of hydrogen-bond acceptors (Lipinski definition) is 3. The second kappa shape index (κ2) is 7.66. The van der Waals surface area contributed by atoms with Crippen LogP contribution in [0.4, 0.5) is 5.69 Å². The van der Waals surface area contributed by atoms with Crippen LogP contribution in [0.15, 0.2) is 102 Å². The Labute approximate surface area is 186 Å². The molecule has 1 aromatic heterocycles. The van der Waals surface area contributed by atoms with Crippen molar-refractivity contribution < 1.29 is 13.1 Å². The zero-order chi connectivity index (χ0) is 22.3. The summed E-state index contributed by atoms with van der Waals surface area (Å²) in [4.78, 5) is 0.141. The first-order chi connectivity index (χ1) is 15.4. The molecule has 32 heavy (non-hydrogen) atoms. The minimum absolute atomic E-state index is 0.141. The van der Waals surface area contributed by atoms with Crippen molar-refractivity contribution >= 4 is 37.4 Å². The van der Waals surface area contributed by atoms with E-state index < -0.39 is 10.0 Å².